The number of halogens is 1. The zero-order valence-electron chi connectivity index (χ0n) is 13.4. The lowest BCUT2D eigenvalue weighted by atomic mass is 10.2. The van der Waals surface area contributed by atoms with Crippen molar-refractivity contribution in [3.8, 4) is 0 Å². The van der Waals surface area contributed by atoms with E-state index in [1.807, 2.05) is 12.1 Å². The first kappa shape index (κ1) is 16.5. The fraction of sp³-hybridized carbons (Fsp3) is 0.688. The Morgan fingerprint density at radius 1 is 1.33 bits per heavy atom. The van der Waals surface area contributed by atoms with Gasteiger partial charge < -0.3 is 15.0 Å². The number of nitrogens with zero attached hydrogens (tertiary/aromatic N) is 2. The minimum Gasteiger partial charge on any atom is -0.372 e. The van der Waals surface area contributed by atoms with E-state index in [1.54, 1.807) is 0 Å². The SMILES string of the molecule is CC(C)CNCc1nc(N2CC(C)OC(C)C2)ccc1Cl. The standard InChI is InChI=1S/C16H26ClN3O/c1-11(2)7-18-8-15-14(17)5-6-16(19-15)20-9-12(3)21-13(4)10-20/h5-6,11-13,18H,7-10H2,1-4H3. The molecular formula is C16H26ClN3O. The largest absolute Gasteiger partial charge is 0.372 e. The summed E-state index contributed by atoms with van der Waals surface area (Å²) in [5.41, 5.74) is 0.918. The molecule has 1 saturated heterocycles. The van der Waals surface area contributed by atoms with Gasteiger partial charge in [-0.1, -0.05) is 25.4 Å². The molecule has 1 fully saturated rings. The molecule has 1 aromatic heterocycles. The molecule has 2 atom stereocenters. The monoisotopic (exact) mass is 311 g/mol. The second-order valence-electron chi connectivity index (χ2n) is 6.29. The number of nitrogens with one attached hydrogen (secondary N) is 1. The minimum atomic E-state index is 0.230. The molecule has 0 bridgehead atoms. The van der Waals surface area contributed by atoms with Crippen LogP contribution in [0.1, 0.15) is 33.4 Å². The predicted molar refractivity (Wildman–Crippen MR) is 88.0 cm³/mol. The molecule has 2 heterocycles. The normalized spacial score (nSPS) is 22.9. The second kappa shape index (κ2) is 7.43. The van der Waals surface area contributed by atoms with E-state index in [0.29, 0.717) is 12.5 Å². The number of ether oxygens (including phenoxy) is 1. The van der Waals surface area contributed by atoms with Crippen LogP contribution < -0.4 is 10.2 Å². The lowest BCUT2D eigenvalue weighted by Crippen LogP contribution is -2.45. The van der Waals surface area contributed by atoms with Crippen molar-refractivity contribution in [3.63, 3.8) is 0 Å². The number of rotatable bonds is 5. The number of morpholine rings is 1. The first-order chi connectivity index (χ1) is 9.95. The zero-order chi connectivity index (χ0) is 15.4. The van der Waals surface area contributed by atoms with E-state index in [0.717, 1.165) is 36.2 Å². The van der Waals surface area contributed by atoms with Gasteiger partial charge in [0.2, 0.25) is 0 Å². The molecule has 2 rings (SSSR count). The van der Waals surface area contributed by atoms with Crippen LogP contribution in [-0.4, -0.2) is 36.8 Å². The molecule has 0 aromatic carbocycles. The van der Waals surface area contributed by atoms with Crippen molar-refractivity contribution in [2.45, 2.75) is 46.4 Å². The fourth-order valence-electron chi connectivity index (χ4n) is 2.62. The Morgan fingerprint density at radius 2 is 2.00 bits per heavy atom. The van der Waals surface area contributed by atoms with Gasteiger partial charge in [-0.25, -0.2) is 4.98 Å². The van der Waals surface area contributed by atoms with Crippen molar-refractivity contribution in [2.75, 3.05) is 24.5 Å². The molecule has 1 N–H and O–H groups in total. The molecule has 1 aliphatic heterocycles. The molecule has 2 unspecified atom stereocenters. The maximum atomic E-state index is 6.26. The van der Waals surface area contributed by atoms with Gasteiger partial charge in [0, 0.05) is 19.6 Å². The van der Waals surface area contributed by atoms with Crippen LogP contribution in [0.5, 0.6) is 0 Å². The summed E-state index contributed by atoms with van der Waals surface area (Å²) in [5.74, 6) is 1.61. The summed E-state index contributed by atoms with van der Waals surface area (Å²) in [6, 6.07) is 3.94. The summed E-state index contributed by atoms with van der Waals surface area (Å²) >= 11 is 6.26. The van der Waals surface area contributed by atoms with Gasteiger partial charge in [0.15, 0.2) is 0 Å². The van der Waals surface area contributed by atoms with Gasteiger partial charge >= 0.3 is 0 Å². The number of aromatic nitrogens is 1. The topological polar surface area (TPSA) is 37.4 Å². The summed E-state index contributed by atoms with van der Waals surface area (Å²) in [7, 11) is 0. The average molecular weight is 312 g/mol. The first-order valence-electron chi connectivity index (χ1n) is 7.72. The fourth-order valence-corrected chi connectivity index (χ4v) is 2.79. The van der Waals surface area contributed by atoms with Crippen LogP contribution in [0.4, 0.5) is 5.82 Å². The highest BCUT2D eigenvalue weighted by atomic mass is 35.5. The number of anilines is 1. The van der Waals surface area contributed by atoms with E-state index in [4.69, 9.17) is 21.3 Å². The summed E-state index contributed by atoms with van der Waals surface area (Å²) in [5, 5.41) is 4.13. The maximum absolute atomic E-state index is 6.26. The maximum Gasteiger partial charge on any atom is 0.129 e. The van der Waals surface area contributed by atoms with E-state index in [1.165, 1.54) is 0 Å². The summed E-state index contributed by atoms with van der Waals surface area (Å²) in [6.45, 7) is 12.0. The number of hydrogen-bond acceptors (Lipinski definition) is 4. The van der Waals surface area contributed by atoms with Crippen molar-refractivity contribution in [2.24, 2.45) is 5.92 Å². The molecule has 21 heavy (non-hydrogen) atoms. The van der Waals surface area contributed by atoms with Crippen molar-refractivity contribution in [3.05, 3.63) is 22.8 Å². The van der Waals surface area contributed by atoms with Gasteiger partial charge in [0.25, 0.3) is 0 Å². The van der Waals surface area contributed by atoms with Crippen molar-refractivity contribution < 1.29 is 4.74 Å². The van der Waals surface area contributed by atoms with E-state index in [9.17, 15) is 0 Å². The Bertz CT molecular complexity index is 457. The highest BCUT2D eigenvalue weighted by molar-refractivity contribution is 6.31. The third kappa shape index (κ3) is 4.83. The van der Waals surface area contributed by atoms with Crippen LogP contribution in [0.2, 0.25) is 5.02 Å². The Kier molecular flexibility index (Phi) is 5.85. The number of hydrogen-bond donors (Lipinski definition) is 1. The second-order valence-corrected chi connectivity index (χ2v) is 6.69. The Hall–Kier alpha value is -0.840. The van der Waals surface area contributed by atoms with Gasteiger partial charge in [-0.3, -0.25) is 0 Å². The molecule has 0 aliphatic carbocycles. The molecule has 1 aliphatic rings. The highest BCUT2D eigenvalue weighted by Crippen LogP contribution is 2.22. The highest BCUT2D eigenvalue weighted by Gasteiger charge is 2.23. The molecule has 0 saturated carbocycles. The third-order valence-corrected chi connectivity index (χ3v) is 3.84. The molecule has 0 spiro atoms. The van der Waals surface area contributed by atoms with Gasteiger partial charge in [0.05, 0.1) is 22.9 Å². The predicted octanol–water partition coefficient (Wildman–Crippen LogP) is 3.09. The van der Waals surface area contributed by atoms with Crippen LogP contribution >= 0.6 is 11.6 Å². The van der Waals surface area contributed by atoms with Gasteiger partial charge in [-0.2, -0.15) is 0 Å². The number of pyridine rings is 1. The smallest absolute Gasteiger partial charge is 0.129 e. The quantitative estimate of drug-likeness (QED) is 0.906. The first-order valence-corrected chi connectivity index (χ1v) is 8.10. The molecule has 0 radical (unpaired) electrons. The van der Waals surface area contributed by atoms with Crippen LogP contribution in [0, 0.1) is 5.92 Å². The molecule has 1 aromatic rings. The molecular weight excluding hydrogens is 286 g/mol. The lowest BCUT2D eigenvalue weighted by molar-refractivity contribution is -0.00546. The van der Waals surface area contributed by atoms with E-state index in [2.05, 4.69) is 37.9 Å². The summed E-state index contributed by atoms with van der Waals surface area (Å²) in [4.78, 5) is 7.02. The Balaban J connectivity index is 2.06. The molecule has 118 valence electrons. The van der Waals surface area contributed by atoms with Crippen LogP contribution in [-0.2, 0) is 11.3 Å². The summed E-state index contributed by atoms with van der Waals surface area (Å²) < 4.78 is 5.78. The van der Waals surface area contributed by atoms with Gasteiger partial charge in [-0.05, 0) is 38.4 Å². The summed E-state index contributed by atoms with van der Waals surface area (Å²) in [6.07, 6.45) is 0.461. The van der Waals surface area contributed by atoms with Crippen molar-refractivity contribution in [1.82, 2.24) is 10.3 Å². The van der Waals surface area contributed by atoms with E-state index < -0.39 is 0 Å². The van der Waals surface area contributed by atoms with E-state index >= 15 is 0 Å². The van der Waals surface area contributed by atoms with Crippen molar-refractivity contribution in [1.29, 1.82) is 0 Å². The molecule has 5 heteroatoms. The van der Waals surface area contributed by atoms with Crippen molar-refractivity contribution >= 4 is 17.4 Å². The average Bonchev–Trinajstić information content (AvgIpc) is 2.39. The van der Waals surface area contributed by atoms with Crippen LogP contribution in [0.25, 0.3) is 0 Å². The third-order valence-electron chi connectivity index (χ3n) is 3.49. The lowest BCUT2D eigenvalue weighted by Gasteiger charge is -2.36. The van der Waals surface area contributed by atoms with Crippen LogP contribution in [0.15, 0.2) is 12.1 Å². The minimum absolute atomic E-state index is 0.230. The Morgan fingerprint density at radius 3 is 2.62 bits per heavy atom. The zero-order valence-corrected chi connectivity index (χ0v) is 14.2. The van der Waals surface area contributed by atoms with E-state index in [-0.39, 0.29) is 12.2 Å². The molecule has 0 amide bonds. The van der Waals surface area contributed by atoms with Gasteiger partial charge in [0.1, 0.15) is 5.82 Å². The van der Waals surface area contributed by atoms with Crippen LogP contribution in [0.3, 0.4) is 0 Å². The van der Waals surface area contributed by atoms with Gasteiger partial charge in [-0.15, -0.1) is 0 Å². The molecule has 4 nitrogen and oxygen atoms in total. The Labute approximate surface area is 132 Å².